The lowest BCUT2D eigenvalue weighted by molar-refractivity contribution is -0.139. The van der Waals surface area contributed by atoms with Crippen molar-refractivity contribution in [1.29, 1.82) is 0 Å². The van der Waals surface area contributed by atoms with Crippen molar-refractivity contribution in [3.63, 3.8) is 0 Å². The summed E-state index contributed by atoms with van der Waals surface area (Å²) in [5, 5.41) is 1.76. The Bertz CT molecular complexity index is 627. The molecule has 0 aliphatic rings. The van der Waals surface area contributed by atoms with E-state index in [9.17, 15) is 9.59 Å². The lowest BCUT2D eigenvalue weighted by Crippen LogP contribution is -2.19. The van der Waals surface area contributed by atoms with Gasteiger partial charge in [0.1, 0.15) is 5.75 Å². The molecule has 0 atom stereocenters. The maximum absolute atomic E-state index is 12.0. The molecule has 3 heteroatoms. The monoisotopic (exact) mass is 270 g/mol. The molecule has 20 heavy (non-hydrogen) atoms. The molecular formula is C17H18O3. The van der Waals surface area contributed by atoms with Gasteiger partial charge in [-0.15, -0.1) is 0 Å². The van der Waals surface area contributed by atoms with Crippen LogP contribution in [0.1, 0.15) is 37.0 Å². The van der Waals surface area contributed by atoms with Gasteiger partial charge in [-0.25, -0.2) is 0 Å². The van der Waals surface area contributed by atoms with Gasteiger partial charge in [0.2, 0.25) is 0 Å². The standard InChI is InChI=1S/C17H18O3/c1-3-12(4-2)17(19)20-16-10-9-13-7-5-6-8-14(13)15(16)11-18/h5-12H,3-4H2,1-2H3. The second kappa shape index (κ2) is 6.33. The van der Waals surface area contributed by atoms with E-state index in [0.29, 0.717) is 11.3 Å². The van der Waals surface area contributed by atoms with Crippen molar-refractivity contribution in [2.75, 3.05) is 0 Å². The maximum atomic E-state index is 12.0. The van der Waals surface area contributed by atoms with Gasteiger partial charge in [-0.1, -0.05) is 44.2 Å². The highest BCUT2D eigenvalue weighted by Crippen LogP contribution is 2.27. The van der Waals surface area contributed by atoms with Crippen LogP contribution in [-0.2, 0) is 4.79 Å². The quantitative estimate of drug-likeness (QED) is 0.468. The predicted molar refractivity (Wildman–Crippen MR) is 79.0 cm³/mol. The van der Waals surface area contributed by atoms with E-state index >= 15 is 0 Å². The van der Waals surface area contributed by atoms with E-state index in [1.807, 2.05) is 44.2 Å². The minimum Gasteiger partial charge on any atom is -0.426 e. The number of benzene rings is 2. The number of carbonyl (C=O) groups excluding carboxylic acids is 2. The van der Waals surface area contributed by atoms with Gasteiger partial charge >= 0.3 is 5.97 Å². The van der Waals surface area contributed by atoms with Crippen molar-refractivity contribution in [3.05, 3.63) is 42.0 Å². The predicted octanol–water partition coefficient (Wildman–Crippen LogP) is 3.99. The van der Waals surface area contributed by atoms with E-state index in [1.165, 1.54) is 0 Å². The molecule has 2 rings (SSSR count). The minimum absolute atomic E-state index is 0.124. The summed E-state index contributed by atoms with van der Waals surface area (Å²) in [5.41, 5.74) is 0.433. The molecule has 0 aliphatic carbocycles. The van der Waals surface area contributed by atoms with Crippen molar-refractivity contribution >= 4 is 23.0 Å². The first-order valence-electron chi connectivity index (χ1n) is 6.89. The molecule has 0 N–H and O–H groups in total. The van der Waals surface area contributed by atoms with Crippen LogP contribution in [0.5, 0.6) is 5.75 Å². The van der Waals surface area contributed by atoms with E-state index in [4.69, 9.17) is 4.74 Å². The number of esters is 1. The third kappa shape index (κ3) is 2.72. The van der Waals surface area contributed by atoms with Crippen molar-refractivity contribution in [1.82, 2.24) is 0 Å². The van der Waals surface area contributed by atoms with Crippen LogP contribution in [0.2, 0.25) is 0 Å². The molecule has 0 saturated carbocycles. The van der Waals surface area contributed by atoms with E-state index in [1.54, 1.807) is 6.07 Å². The van der Waals surface area contributed by atoms with Crippen molar-refractivity contribution in [2.24, 2.45) is 5.92 Å². The third-order valence-corrected chi connectivity index (χ3v) is 3.58. The molecule has 0 radical (unpaired) electrons. The zero-order valence-electron chi connectivity index (χ0n) is 11.8. The van der Waals surface area contributed by atoms with Gasteiger partial charge in [-0.05, 0) is 29.7 Å². The highest BCUT2D eigenvalue weighted by Gasteiger charge is 2.18. The summed E-state index contributed by atoms with van der Waals surface area (Å²) in [7, 11) is 0. The maximum Gasteiger partial charge on any atom is 0.314 e. The molecule has 0 spiro atoms. The van der Waals surface area contributed by atoms with Crippen LogP contribution in [0.4, 0.5) is 0 Å². The molecule has 0 aromatic heterocycles. The smallest absolute Gasteiger partial charge is 0.314 e. The SMILES string of the molecule is CCC(CC)C(=O)Oc1ccc2ccccc2c1C=O. The van der Waals surface area contributed by atoms with Crippen LogP contribution >= 0.6 is 0 Å². The van der Waals surface area contributed by atoms with E-state index in [0.717, 1.165) is 29.9 Å². The van der Waals surface area contributed by atoms with Gasteiger partial charge in [-0.2, -0.15) is 0 Å². The zero-order valence-corrected chi connectivity index (χ0v) is 11.8. The molecular weight excluding hydrogens is 252 g/mol. The molecule has 0 unspecified atom stereocenters. The summed E-state index contributed by atoms with van der Waals surface area (Å²) < 4.78 is 5.42. The minimum atomic E-state index is -0.270. The molecule has 0 amide bonds. The van der Waals surface area contributed by atoms with Crippen LogP contribution in [0.15, 0.2) is 36.4 Å². The fourth-order valence-corrected chi connectivity index (χ4v) is 2.30. The fourth-order valence-electron chi connectivity index (χ4n) is 2.30. The Hall–Kier alpha value is -2.16. The van der Waals surface area contributed by atoms with E-state index in [2.05, 4.69) is 0 Å². The van der Waals surface area contributed by atoms with Gasteiger partial charge in [0.25, 0.3) is 0 Å². The molecule has 104 valence electrons. The summed E-state index contributed by atoms with van der Waals surface area (Å²) in [6, 6.07) is 11.1. The van der Waals surface area contributed by atoms with Gasteiger partial charge in [0.05, 0.1) is 11.5 Å². The molecule has 2 aromatic carbocycles. The Balaban J connectivity index is 2.40. The number of aldehydes is 1. The average molecular weight is 270 g/mol. The number of carbonyl (C=O) groups is 2. The Morgan fingerprint density at radius 2 is 1.85 bits per heavy atom. The number of ether oxygens (including phenoxy) is 1. The van der Waals surface area contributed by atoms with E-state index < -0.39 is 0 Å². The van der Waals surface area contributed by atoms with Crippen LogP contribution in [0, 0.1) is 5.92 Å². The van der Waals surface area contributed by atoms with Crippen LogP contribution in [-0.4, -0.2) is 12.3 Å². The first-order chi connectivity index (χ1) is 9.71. The largest absolute Gasteiger partial charge is 0.426 e. The molecule has 0 heterocycles. The van der Waals surface area contributed by atoms with Crippen molar-refractivity contribution in [3.8, 4) is 5.75 Å². The molecule has 0 bridgehead atoms. The number of rotatable bonds is 5. The molecule has 2 aromatic rings. The summed E-state index contributed by atoms with van der Waals surface area (Å²) >= 11 is 0. The first kappa shape index (κ1) is 14.3. The third-order valence-electron chi connectivity index (χ3n) is 3.58. The molecule has 0 fully saturated rings. The summed E-state index contributed by atoms with van der Waals surface area (Å²) in [5.74, 6) is -0.0510. The Labute approximate surface area is 118 Å². The normalized spacial score (nSPS) is 10.8. The second-order valence-electron chi connectivity index (χ2n) is 4.75. The Morgan fingerprint density at radius 1 is 1.15 bits per heavy atom. The number of hydrogen-bond donors (Lipinski definition) is 0. The highest BCUT2D eigenvalue weighted by atomic mass is 16.5. The zero-order chi connectivity index (χ0) is 14.5. The second-order valence-corrected chi connectivity index (χ2v) is 4.75. The summed E-state index contributed by atoms with van der Waals surface area (Å²) in [6.07, 6.45) is 2.22. The average Bonchev–Trinajstić information content (AvgIpc) is 2.48. The van der Waals surface area contributed by atoms with Crippen molar-refractivity contribution in [2.45, 2.75) is 26.7 Å². The number of hydrogen-bond acceptors (Lipinski definition) is 3. The Morgan fingerprint density at radius 3 is 2.50 bits per heavy atom. The first-order valence-corrected chi connectivity index (χ1v) is 6.89. The van der Waals surface area contributed by atoms with Gasteiger partial charge in [0, 0.05) is 0 Å². The van der Waals surface area contributed by atoms with E-state index in [-0.39, 0.29) is 11.9 Å². The van der Waals surface area contributed by atoms with Crippen LogP contribution in [0.25, 0.3) is 10.8 Å². The van der Waals surface area contributed by atoms with Crippen molar-refractivity contribution < 1.29 is 14.3 Å². The summed E-state index contributed by atoms with van der Waals surface area (Å²) in [6.45, 7) is 3.91. The lowest BCUT2D eigenvalue weighted by Gasteiger charge is -2.13. The Kier molecular flexibility index (Phi) is 4.51. The van der Waals surface area contributed by atoms with Gasteiger partial charge < -0.3 is 4.74 Å². The van der Waals surface area contributed by atoms with Crippen LogP contribution in [0.3, 0.4) is 0 Å². The highest BCUT2D eigenvalue weighted by molar-refractivity contribution is 6.01. The van der Waals surface area contributed by atoms with Crippen LogP contribution < -0.4 is 4.74 Å². The topological polar surface area (TPSA) is 43.4 Å². The fraction of sp³-hybridized carbons (Fsp3) is 0.294. The molecule has 3 nitrogen and oxygen atoms in total. The van der Waals surface area contributed by atoms with Gasteiger partial charge in [0.15, 0.2) is 6.29 Å². The molecule has 0 saturated heterocycles. The molecule has 0 aliphatic heterocycles. The number of fused-ring (bicyclic) bond motifs is 1. The van der Waals surface area contributed by atoms with Gasteiger partial charge in [-0.3, -0.25) is 9.59 Å². The summed E-state index contributed by atoms with van der Waals surface area (Å²) in [4.78, 5) is 23.4. The lowest BCUT2D eigenvalue weighted by atomic mass is 10.0.